The molecule has 3 nitrogen and oxygen atoms in total. The van der Waals surface area contributed by atoms with Gasteiger partial charge in [0.05, 0.1) is 6.07 Å². The fraction of sp³-hybridized carbons (Fsp3) is 0.562. The summed E-state index contributed by atoms with van der Waals surface area (Å²) < 4.78 is 0. The molecule has 0 aromatic heterocycles. The number of fused-ring (bicyclic) bond motifs is 2. The van der Waals surface area contributed by atoms with Crippen LogP contribution in [0.1, 0.15) is 31.2 Å². The minimum Gasteiger partial charge on any atom is -0.367 e. The Hall–Kier alpha value is -1.53. The van der Waals surface area contributed by atoms with Gasteiger partial charge in [-0.05, 0) is 57.4 Å². The molecule has 2 fully saturated rings. The van der Waals surface area contributed by atoms with Crippen molar-refractivity contribution in [3.63, 3.8) is 0 Å². The van der Waals surface area contributed by atoms with Gasteiger partial charge in [0.25, 0.3) is 0 Å². The van der Waals surface area contributed by atoms with Crippen LogP contribution in [0.15, 0.2) is 24.3 Å². The average Bonchev–Trinajstić information content (AvgIpc) is 2.63. The molecule has 1 N–H and O–H groups in total. The number of piperidine rings is 1. The number of hydrogen-bond donors (Lipinski definition) is 1. The van der Waals surface area contributed by atoms with E-state index in [4.69, 9.17) is 0 Å². The second kappa shape index (κ2) is 4.54. The van der Waals surface area contributed by atoms with Crippen molar-refractivity contribution in [2.24, 2.45) is 0 Å². The molecule has 3 rings (SSSR count). The SMILES string of the molecule is Cc1cccc(NC2(C#N)CC3CCC(C2)N3C)c1. The summed E-state index contributed by atoms with van der Waals surface area (Å²) in [4.78, 5) is 2.47. The molecule has 1 aromatic carbocycles. The summed E-state index contributed by atoms with van der Waals surface area (Å²) >= 11 is 0. The second-order valence-corrected chi connectivity index (χ2v) is 6.15. The molecule has 2 aliphatic rings. The van der Waals surface area contributed by atoms with E-state index in [1.807, 2.05) is 6.07 Å². The minimum absolute atomic E-state index is 0.383. The van der Waals surface area contributed by atoms with Crippen LogP contribution in [0.25, 0.3) is 0 Å². The van der Waals surface area contributed by atoms with Crippen LogP contribution in [-0.4, -0.2) is 29.6 Å². The van der Waals surface area contributed by atoms with Gasteiger partial charge in [0, 0.05) is 17.8 Å². The summed E-state index contributed by atoms with van der Waals surface area (Å²) in [5.74, 6) is 0. The maximum absolute atomic E-state index is 9.69. The zero-order chi connectivity index (χ0) is 13.5. The first-order valence-corrected chi connectivity index (χ1v) is 7.10. The molecule has 0 amide bonds. The molecule has 2 bridgehead atoms. The van der Waals surface area contributed by atoms with Gasteiger partial charge in [-0.3, -0.25) is 0 Å². The minimum atomic E-state index is -0.383. The summed E-state index contributed by atoms with van der Waals surface area (Å²) in [6.07, 6.45) is 4.34. The molecule has 0 radical (unpaired) electrons. The molecule has 2 atom stereocenters. The Morgan fingerprint density at radius 2 is 2.00 bits per heavy atom. The predicted octanol–water partition coefficient (Wildman–Crippen LogP) is 2.93. The highest BCUT2D eigenvalue weighted by Gasteiger charge is 2.47. The number of nitrogens with one attached hydrogen (secondary N) is 1. The Morgan fingerprint density at radius 1 is 1.32 bits per heavy atom. The number of aryl methyl sites for hydroxylation is 1. The van der Waals surface area contributed by atoms with Gasteiger partial charge in [-0.25, -0.2) is 0 Å². The van der Waals surface area contributed by atoms with E-state index in [9.17, 15) is 5.26 Å². The molecule has 0 aliphatic carbocycles. The quantitative estimate of drug-likeness (QED) is 0.883. The Labute approximate surface area is 115 Å². The number of nitrogens with zero attached hydrogens (tertiary/aromatic N) is 2. The first kappa shape index (κ1) is 12.5. The third kappa shape index (κ3) is 2.21. The molecule has 2 unspecified atom stereocenters. The van der Waals surface area contributed by atoms with E-state index in [0.717, 1.165) is 18.5 Å². The smallest absolute Gasteiger partial charge is 0.128 e. The summed E-state index contributed by atoms with van der Waals surface area (Å²) in [5.41, 5.74) is 1.92. The van der Waals surface area contributed by atoms with Crippen LogP contribution in [-0.2, 0) is 0 Å². The number of hydrogen-bond acceptors (Lipinski definition) is 3. The highest BCUT2D eigenvalue weighted by molar-refractivity contribution is 5.50. The number of benzene rings is 1. The normalized spacial score (nSPS) is 33.9. The van der Waals surface area contributed by atoms with Gasteiger partial charge in [-0.2, -0.15) is 5.26 Å². The lowest BCUT2D eigenvalue weighted by Gasteiger charge is -2.42. The van der Waals surface area contributed by atoms with E-state index >= 15 is 0 Å². The monoisotopic (exact) mass is 255 g/mol. The highest BCUT2D eigenvalue weighted by atomic mass is 15.2. The summed E-state index contributed by atoms with van der Waals surface area (Å²) in [7, 11) is 2.20. The number of rotatable bonds is 2. The van der Waals surface area contributed by atoms with Crippen molar-refractivity contribution >= 4 is 5.69 Å². The van der Waals surface area contributed by atoms with Gasteiger partial charge >= 0.3 is 0 Å². The molecule has 3 heteroatoms. The number of nitriles is 1. The summed E-state index contributed by atoms with van der Waals surface area (Å²) in [6, 6.07) is 12.0. The Balaban J connectivity index is 1.84. The molecule has 19 heavy (non-hydrogen) atoms. The van der Waals surface area contributed by atoms with Crippen molar-refractivity contribution in [1.29, 1.82) is 5.26 Å². The van der Waals surface area contributed by atoms with E-state index in [0.29, 0.717) is 12.1 Å². The largest absolute Gasteiger partial charge is 0.367 e. The van der Waals surface area contributed by atoms with Crippen molar-refractivity contribution < 1.29 is 0 Å². The second-order valence-electron chi connectivity index (χ2n) is 6.15. The topological polar surface area (TPSA) is 39.1 Å². The van der Waals surface area contributed by atoms with E-state index in [1.165, 1.54) is 18.4 Å². The summed E-state index contributed by atoms with van der Waals surface area (Å²) in [5, 5.41) is 13.2. The molecule has 100 valence electrons. The van der Waals surface area contributed by atoms with Crippen LogP contribution >= 0.6 is 0 Å². The Morgan fingerprint density at radius 3 is 2.58 bits per heavy atom. The van der Waals surface area contributed by atoms with Crippen LogP contribution in [0.4, 0.5) is 5.69 Å². The lowest BCUT2D eigenvalue weighted by molar-refractivity contribution is 0.146. The first-order chi connectivity index (χ1) is 9.12. The van der Waals surface area contributed by atoms with E-state index in [1.54, 1.807) is 0 Å². The Bertz CT molecular complexity index is 503. The van der Waals surface area contributed by atoms with E-state index < -0.39 is 0 Å². The maximum Gasteiger partial charge on any atom is 0.128 e. The molecule has 1 aromatic rings. The first-order valence-electron chi connectivity index (χ1n) is 7.10. The van der Waals surface area contributed by atoms with Crippen LogP contribution in [0.3, 0.4) is 0 Å². The van der Waals surface area contributed by atoms with E-state index in [-0.39, 0.29) is 5.54 Å². The third-order valence-corrected chi connectivity index (χ3v) is 4.77. The summed E-state index contributed by atoms with van der Waals surface area (Å²) in [6.45, 7) is 2.09. The molecule has 2 aliphatic heterocycles. The molecular weight excluding hydrogens is 234 g/mol. The van der Waals surface area contributed by atoms with Gasteiger partial charge in [-0.15, -0.1) is 0 Å². The molecule has 2 heterocycles. The van der Waals surface area contributed by atoms with Crippen molar-refractivity contribution in [1.82, 2.24) is 4.90 Å². The predicted molar refractivity (Wildman–Crippen MR) is 77.0 cm³/mol. The fourth-order valence-corrected chi connectivity index (χ4v) is 3.69. The fourth-order valence-electron chi connectivity index (χ4n) is 3.69. The van der Waals surface area contributed by atoms with Crippen molar-refractivity contribution in [3.05, 3.63) is 29.8 Å². The number of anilines is 1. The van der Waals surface area contributed by atoms with Crippen molar-refractivity contribution in [2.45, 2.75) is 50.2 Å². The van der Waals surface area contributed by atoms with Crippen molar-refractivity contribution in [3.8, 4) is 6.07 Å². The van der Waals surface area contributed by atoms with Crippen molar-refractivity contribution in [2.75, 3.05) is 12.4 Å². The van der Waals surface area contributed by atoms with Gasteiger partial charge in [0.2, 0.25) is 0 Å². The van der Waals surface area contributed by atoms with Crippen LogP contribution in [0.5, 0.6) is 0 Å². The Kier molecular flexibility index (Phi) is 2.99. The van der Waals surface area contributed by atoms with Crippen LogP contribution in [0.2, 0.25) is 0 Å². The lowest BCUT2D eigenvalue weighted by atomic mass is 9.84. The van der Waals surface area contributed by atoms with Gasteiger partial charge in [-0.1, -0.05) is 12.1 Å². The van der Waals surface area contributed by atoms with Gasteiger partial charge < -0.3 is 10.2 Å². The molecule has 2 saturated heterocycles. The van der Waals surface area contributed by atoms with Crippen LogP contribution in [0, 0.1) is 18.3 Å². The molecule has 0 saturated carbocycles. The maximum atomic E-state index is 9.69. The third-order valence-electron chi connectivity index (χ3n) is 4.77. The van der Waals surface area contributed by atoms with Gasteiger partial charge in [0.1, 0.15) is 5.54 Å². The average molecular weight is 255 g/mol. The zero-order valence-corrected chi connectivity index (χ0v) is 11.7. The van der Waals surface area contributed by atoms with Gasteiger partial charge in [0.15, 0.2) is 0 Å². The molecular formula is C16H21N3. The van der Waals surface area contributed by atoms with Crippen LogP contribution < -0.4 is 5.32 Å². The zero-order valence-electron chi connectivity index (χ0n) is 11.7. The van der Waals surface area contributed by atoms with E-state index in [2.05, 4.69) is 48.5 Å². The molecule has 0 spiro atoms. The highest BCUT2D eigenvalue weighted by Crippen LogP contribution is 2.41. The standard InChI is InChI=1S/C16H21N3/c1-12-4-3-5-13(8-12)18-16(11-17)9-14-6-7-15(10-16)19(14)2/h3-5,8,14-15,18H,6-7,9-10H2,1-2H3. The lowest BCUT2D eigenvalue weighted by Crippen LogP contribution is -2.52.